The Balaban J connectivity index is 1.38. The largest absolute Gasteiger partial charge is 0.278 e. The SMILES string of the molecule is c1ccc(-c2nc(-n3c4ccccc4c4c5c(ccc43)sc3ccccc35)nc3c2sc2cc4ccccc4cc23)cc1. The molecule has 4 aromatic heterocycles. The molecule has 5 heteroatoms. The van der Waals surface area contributed by atoms with Gasteiger partial charge in [0.1, 0.15) is 0 Å². The van der Waals surface area contributed by atoms with E-state index in [9.17, 15) is 0 Å². The molecule has 0 aliphatic rings. The molecule has 6 aromatic carbocycles. The molecule has 0 aliphatic heterocycles. The minimum Gasteiger partial charge on any atom is -0.278 e. The number of fused-ring (bicyclic) bond motifs is 11. The van der Waals surface area contributed by atoms with Crippen LogP contribution in [0.4, 0.5) is 0 Å². The quantitative estimate of drug-likeness (QED) is 0.203. The summed E-state index contributed by atoms with van der Waals surface area (Å²) in [5, 5.41) is 8.73. The number of nitrogens with zero attached hydrogens (tertiary/aromatic N) is 3. The first kappa shape index (κ1) is 23.5. The van der Waals surface area contributed by atoms with E-state index in [0.29, 0.717) is 5.95 Å². The number of para-hydroxylation sites is 1. The fourth-order valence-corrected chi connectivity index (χ4v) is 9.00. The third-order valence-corrected chi connectivity index (χ3v) is 10.9. The Bertz CT molecular complexity index is 2730. The van der Waals surface area contributed by atoms with Crippen molar-refractivity contribution in [1.82, 2.24) is 14.5 Å². The zero-order chi connectivity index (χ0) is 28.1. The van der Waals surface area contributed by atoms with Gasteiger partial charge < -0.3 is 0 Å². The van der Waals surface area contributed by atoms with Crippen molar-refractivity contribution >= 4 is 95.7 Å². The van der Waals surface area contributed by atoms with Crippen LogP contribution in [0.1, 0.15) is 0 Å². The predicted octanol–water partition coefficient (Wildman–Crippen LogP) is 11.1. The molecule has 0 fully saturated rings. The molecule has 43 heavy (non-hydrogen) atoms. The van der Waals surface area contributed by atoms with Crippen molar-refractivity contribution in [2.45, 2.75) is 0 Å². The lowest BCUT2D eigenvalue weighted by molar-refractivity contribution is 1.02. The summed E-state index contributed by atoms with van der Waals surface area (Å²) in [6, 6.07) is 45.6. The highest BCUT2D eigenvalue weighted by Crippen LogP contribution is 2.44. The lowest BCUT2D eigenvalue weighted by atomic mass is 10.1. The lowest BCUT2D eigenvalue weighted by Crippen LogP contribution is -2.02. The Hall–Kier alpha value is -5.10. The number of benzene rings is 6. The zero-order valence-corrected chi connectivity index (χ0v) is 24.4. The summed E-state index contributed by atoms with van der Waals surface area (Å²) < 4.78 is 7.22. The van der Waals surface area contributed by atoms with Crippen molar-refractivity contribution in [3.63, 3.8) is 0 Å². The zero-order valence-electron chi connectivity index (χ0n) is 22.8. The van der Waals surface area contributed by atoms with Crippen LogP contribution in [0, 0.1) is 0 Å². The van der Waals surface area contributed by atoms with Gasteiger partial charge in [-0.3, -0.25) is 4.57 Å². The summed E-state index contributed by atoms with van der Waals surface area (Å²) in [4.78, 5) is 10.8. The highest BCUT2D eigenvalue weighted by Gasteiger charge is 2.22. The van der Waals surface area contributed by atoms with Crippen LogP contribution in [0.3, 0.4) is 0 Å². The van der Waals surface area contributed by atoms with Crippen molar-refractivity contribution in [1.29, 1.82) is 0 Å². The third-order valence-electron chi connectivity index (χ3n) is 8.59. The Labute approximate surface area is 253 Å². The van der Waals surface area contributed by atoms with E-state index in [1.165, 1.54) is 51.8 Å². The number of hydrogen-bond acceptors (Lipinski definition) is 4. The van der Waals surface area contributed by atoms with E-state index in [4.69, 9.17) is 9.97 Å². The number of aromatic nitrogens is 3. The minimum absolute atomic E-state index is 0.698. The number of hydrogen-bond donors (Lipinski definition) is 0. The minimum atomic E-state index is 0.698. The molecule has 0 N–H and O–H groups in total. The number of thiophene rings is 2. The van der Waals surface area contributed by atoms with Gasteiger partial charge >= 0.3 is 0 Å². The Morgan fingerprint density at radius 3 is 2.12 bits per heavy atom. The van der Waals surface area contributed by atoms with Crippen LogP contribution in [0.15, 0.2) is 127 Å². The molecule has 0 unspecified atom stereocenters. The molecule has 0 saturated heterocycles. The van der Waals surface area contributed by atoms with Gasteiger partial charge in [0.25, 0.3) is 0 Å². The maximum atomic E-state index is 5.39. The second kappa shape index (κ2) is 8.71. The molecule has 0 radical (unpaired) electrons. The van der Waals surface area contributed by atoms with Gasteiger partial charge in [-0.2, -0.15) is 0 Å². The van der Waals surface area contributed by atoms with Gasteiger partial charge in [-0.15, -0.1) is 22.7 Å². The maximum Gasteiger partial charge on any atom is 0.235 e. The Morgan fingerprint density at radius 1 is 0.488 bits per heavy atom. The lowest BCUT2D eigenvalue weighted by Gasteiger charge is -2.10. The first-order chi connectivity index (χ1) is 21.3. The van der Waals surface area contributed by atoms with Crippen molar-refractivity contribution in [3.8, 4) is 17.2 Å². The van der Waals surface area contributed by atoms with Crippen LogP contribution in [0.5, 0.6) is 0 Å². The van der Waals surface area contributed by atoms with Gasteiger partial charge in [-0.05, 0) is 47.2 Å². The van der Waals surface area contributed by atoms with Crippen molar-refractivity contribution in [2.24, 2.45) is 0 Å². The molecule has 0 spiro atoms. The monoisotopic (exact) mass is 583 g/mol. The van der Waals surface area contributed by atoms with Gasteiger partial charge in [0, 0.05) is 46.6 Å². The molecule has 0 aliphatic carbocycles. The summed E-state index contributed by atoms with van der Waals surface area (Å²) in [6.45, 7) is 0. The first-order valence-electron chi connectivity index (χ1n) is 14.3. The van der Waals surface area contributed by atoms with Gasteiger partial charge in [-0.1, -0.05) is 91.0 Å². The van der Waals surface area contributed by atoms with Crippen LogP contribution in [-0.2, 0) is 0 Å². The van der Waals surface area contributed by atoms with Gasteiger partial charge in [0.2, 0.25) is 5.95 Å². The summed E-state index contributed by atoms with van der Waals surface area (Å²) in [7, 11) is 0. The highest BCUT2D eigenvalue weighted by molar-refractivity contribution is 7.26. The van der Waals surface area contributed by atoms with Gasteiger partial charge in [-0.25, -0.2) is 9.97 Å². The molecule has 10 aromatic rings. The molecule has 4 heterocycles. The molecular formula is C38H21N3S2. The summed E-state index contributed by atoms with van der Waals surface area (Å²) in [6.07, 6.45) is 0. The van der Waals surface area contributed by atoms with E-state index < -0.39 is 0 Å². The van der Waals surface area contributed by atoms with Crippen molar-refractivity contribution in [2.75, 3.05) is 0 Å². The highest BCUT2D eigenvalue weighted by atomic mass is 32.1. The number of rotatable bonds is 2. The van der Waals surface area contributed by atoms with Gasteiger partial charge in [0.15, 0.2) is 0 Å². The van der Waals surface area contributed by atoms with E-state index in [0.717, 1.165) is 32.5 Å². The van der Waals surface area contributed by atoms with Crippen LogP contribution in [0.25, 0.3) is 90.3 Å². The maximum absolute atomic E-state index is 5.39. The normalized spacial score (nSPS) is 12.2. The fraction of sp³-hybridized carbons (Fsp3) is 0. The van der Waals surface area contributed by atoms with Crippen molar-refractivity contribution < 1.29 is 0 Å². The molecule has 0 amide bonds. The second-order valence-electron chi connectivity index (χ2n) is 11.0. The van der Waals surface area contributed by atoms with E-state index in [1.54, 1.807) is 11.3 Å². The van der Waals surface area contributed by atoms with E-state index in [1.807, 2.05) is 11.3 Å². The molecule has 10 rings (SSSR count). The molecule has 200 valence electrons. The molecule has 3 nitrogen and oxygen atoms in total. The standard InChI is InChI=1S/C38H21N3S2/c1-2-10-22(11-3-1)35-37-36(27-20-23-12-4-5-13-24(23)21-32(27)43-37)40-38(39-35)41-28-16-8-6-14-25(28)33-29(41)18-19-31-34(33)26-15-7-9-17-30(26)42-31/h1-21H. The Kier molecular flexibility index (Phi) is 4.75. The summed E-state index contributed by atoms with van der Waals surface area (Å²) >= 11 is 3.64. The summed E-state index contributed by atoms with van der Waals surface area (Å²) in [5.41, 5.74) is 5.31. The molecule has 0 saturated carbocycles. The average Bonchev–Trinajstić information content (AvgIpc) is 3.72. The molecular weight excluding hydrogens is 563 g/mol. The average molecular weight is 584 g/mol. The van der Waals surface area contributed by atoms with Crippen molar-refractivity contribution in [3.05, 3.63) is 127 Å². The van der Waals surface area contributed by atoms with E-state index in [-0.39, 0.29) is 0 Å². The molecule has 0 atom stereocenters. The van der Waals surface area contributed by atoms with Gasteiger partial charge in [0.05, 0.1) is 26.9 Å². The third kappa shape index (κ3) is 3.29. The first-order valence-corrected chi connectivity index (χ1v) is 16.0. The summed E-state index contributed by atoms with van der Waals surface area (Å²) in [5.74, 6) is 0.698. The second-order valence-corrected chi connectivity index (χ2v) is 13.1. The predicted molar refractivity (Wildman–Crippen MR) is 185 cm³/mol. The van der Waals surface area contributed by atoms with Crippen LogP contribution >= 0.6 is 22.7 Å². The van der Waals surface area contributed by atoms with E-state index >= 15 is 0 Å². The van der Waals surface area contributed by atoms with Crippen LogP contribution < -0.4 is 0 Å². The van der Waals surface area contributed by atoms with Crippen LogP contribution in [-0.4, -0.2) is 14.5 Å². The Morgan fingerprint density at radius 2 is 1.23 bits per heavy atom. The fourth-order valence-electron chi connectivity index (χ4n) is 6.70. The smallest absolute Gasteiger partial charge is 0.235 e. The topological polar surface area (TPSA) is 30.7 Å². The molecule has 0 bridgehead atoms. The van der Waals surface area contributed by atoms with Crippen LogP contribution in [0.2, 0.25) is 0 Å². The van der Waals surface area contributed by atoms with E-state index in [2.05, 4.69) is 132 Å².